The summed E-state index contributed by atoms with van der Waals surface area (Å²) < 4.78 is 0. The quantitative estimate of drug-likeness (QED) is 0.348. The van der Waals surface area contributed by atoms with Crippen LogP contribution >= 0.6 is 10.0 Å². The summed E-state index contributed by atoms with van der Waals surface area (Å²) in [5.41, 5.74) is 1.53. The van der Waals surface area contributed by atoms with E-state index in [1.54, 1.807) is 25.0 Å². The highest BCUT2D eigenvalue weighted by Crippen LogP contribution is 2.60. The fourth-order valence-electron chi connectivity index (χ4n) is 9.76. The van der Waals surface area contributed by atoms with Crippen molar-refractivity contribution in [1.82, 2.24) is 0 Å². The lowest BCUT2D eigenvalue weighted by molar-refractivity contribution is 0.123. The maximum atomic E-state index is 4.40. The Hall–Kier alpha value is 0.0900. The number of allylic oxidation sites excluding steroid dienone is 1. The van der Waals surface area contributed by atoms with E-state index in [2.05, 4.69) is 60.6 Å². The second-order valence-electron chi connectivity index (χ2n) is 14.5. The highest BCUT2D eigenvalue weighted by atomic mass is 32.3. The molecule has 0 amide bonds. The molecule has 0 nitrogen and oxygen atoms in total. The highest BCUT2D eigenvalue weighted by molar-refractivity contribution is 8.33. The first kappa shape index (κ1) is 26.2. The van der Waals surface area contributed by atoms with E-state index in [4.69, 9.17) is 0 Å². The Bertz CT molecular complexity index is 676. The van der Waals surface area contributed by atoms with Crippen LogP contribution < -0.4 is 0 Å². The molecule has 11 atom stereocenters. The third-order valence-electron chi connectivity index (χ3n) is 12.0. The summed E-state index contributed by atoms with van der Waals surface area (Å²) in [6, 6.07) is 0. The van der Waals surface area contributed by atoms with Crippen LogP contribution in [0.4, 0.5) is 0 Å². The van der Waals surface area contributed by atoms with Gasteiger partial charge in [0.2, 0.25) is 0 Å². The van der Waals surface area contributed by atoms with Gasteiger partial charge in [-0.15, -0.1) is 0 Å². The first-order valence-electron chi connectivity index (χ1n) is 14.9. The summed E-state index contributed by atoms with van der Waals surface area (Å²) in [5, 5.41) is 1.03. The molecular formula is C32H58S. The topological polar surface area (TPSA) is 0 Å². The second kappa shape index (κ2) is 10.2. The predicted octanol–water partition coefficient (Wildman–Crippen LogP) is 9.44. The Balaban J connectivity index is 1.39. The van der Waals surface area contributed by atoms with Crippen LogP contribution in [-0.4, -0.2) is 23.5 Å². The monoisotopic (exact) mass is 474 g/mol. The molecule has 0 N–H and O–H groups in total. The molecule has 4 fully saturated rings. The molecule has 0 bridgehead atoms. The summed E-state index contributed by atoms with van der Waals surface area (Å²) in [6.07, 6.45) is 18.9. The van der Waals surface area contributed by atoms with Crippen LogP contribution in [0.15, 0.2) is 12.2 Å². The molecule has 0 saturated heterocycles. The standard InChI is InChI=1S/C32H58S/c1-20(2)30-16-21(3)10-15-32(30)33(8,9)19-26-12-14-28-25(7)31(18-27(28)17-26)29-13-11-22(4)23(5)24(29)6/h20-21,23-32H,4,10-19H2,1-3,5-9H3. The van der Waals surface area contributed by atoms with Gasteiger partial charge < -0.3 is 0 Å². The van der Waals surface area contributed by atoms with E-state index < -0.39 is 10.0 Å². The molecule has 4 rings (SSSR count). The van der Waals surface area contributed by atoms with Crippen molar-refractivity contribution in [2.45, 2.75) is 105 Å². The molecule has 11 unspecified atom stereocenters. The van der Waals surface area contributed by atoms with E-state index in [-0.39, 0.29) is 0 Å². The molecule has 0 aliphatic heterocycles. The van der Waals surface area contributed by atoms with E-state index in [1.165, 1.54) is 44.1 Å². The van der Waals surface area contributed by atoms with Crippen LogP contribution in [0.2, 0.25) is 0 Å². The summed E-state index contributed by atoms with van der Waals surface area (Å²) in [5.74, 6) is 12.0. The van der Waals surface area contributed by atoms with E-state index in [9.17, 15) is 0 Å². The molecule has 0 spiro atoms. The Morgan fingerprint density at radius 3 is 2.24 bits per heavy atom. The van der Waals surface area contributed by atoms with E-state index >= 15 is 0 Å². The third kappa shape index (κ3) is 5.29. The van der Waals surface area contributed by atoms with Gasteiger partial charge in [0.25, 0.3) is 0 Å². The van der Waals surface area contributed by atoms with Crippen LogP contribution in [0.1, 0.15) is 99.3 Å². The molecule has 1 heteroatoms. The average Bonchev–Trinajstić information content (AvgIpc) is 3.07. The Morgan fingerprint density at radius 2 is 1.55 bits per heavy atom. The lowest BCUT2D eigenvalue weighted by Gasteiger charge is -2.51. The van der Waals surface area contributed by atoms with Crippen molar-refractivity contribution in [3.05, 3.63) is 12.2 Å². The molecule has 0 aromatic heterocycles. The van der Waals surface area contributed by atoms with E-state index in [0.717, 1.165) is 70.3 Å². The normalized spacial score (nSPS) is 47.5. The van der Waals surface area contributed by atoms with Crippen molar-refractivity contribution in [2.24, 2.45) is 65.1 Å². The van der Waals surface area contributed by atoms with Gasteiger partial charge in [0.15, 0.2) is 0 Å². The van der Waals surface area contributed by atoms with Crippen LogP contribution in [0.3, 0.4) is 0 Å². The first-order chi connectivity index (χ1) is 15.5. The highest BCUT2D eigenvalue weighted by Gasteiger charge is 2.49. The zero-order valence-corrected chi connectivity index (χ0v) is 24.4. The van der Waals surface area contributed by atoms with Gasteiger partial charge in [-0.25, -0.2) is 10.0 Å². The second-order valence-corrected chi connectivity index (χ2v) is 18.7. The van der Waals surface area contributed by atoms with Gasteiger partial charge in [-0.05, 0) is 146 Å². The van der Waals surface area contributed by atoms with Crippen molar-refractivity contribution in [2.75, 3.05) is 18.3 Å². The summed E-state index contributed by atoms with van der Waals surface area (Å²) in [4.78, 5) is 0. The molecule has 192 valence electrons. The maximum absolute atomic E-state index is 4.40. The minimum absolute atomic E-state index is 0.509. The van der Waals surface area contributed by atoms with Crippen molar-refractivity contribution < 1.29 is 0 Å². The fourth-order valence-corrected chi connectivity index (χ4v) is 13.7. The zero-order valence-electron chi connectivity index (χ0n) is 23.6. The third-order valence-corrected chi connectivity index (χ3v) is 15.5. The molecule has 4 aliphatic carbocycles. The largest absolute Gasteiger partial charge is 0.243 e. The summed E-state index contributed by atoms with van der Waals surface area (Å²) >= 11 is 0. The number of fused-ring (bicyclic) bond motifs is 1. The Morgan fingerprint density at radius 1 is 0.818 bits per heavy atom. The number of rotatable bonds is 5. The van der Waals surface area contributed by atoms with E-state index in [1.807, 2.05) is 0 Å². The average molecular weight is 475 g/mol. The van der Waals surface area contributed by atoms with Crippen LogP contribution in [0, 0.1) is 65.1 Å². The molecule has 0 aromatic rings. The molecule has 0 heterocycles. The minimum atomic E-state index is -0.509. The smallest absolute Gasteiger partial charge is 0.00856 e. The van der Waals surface area contributed by atoms with Crippen LogP contribution in [0.25, 0.3) is 0 Å². The summed E-state index contributed by atoms with van der Waals surface area (Å²) in [7, 11) is -0.509. The van der Waals surface area contributed by atoms with Crippen molar-refractivity contribution >= 4 is 10.0 Å². The van der Waals surface area contributed by atoms with Gasteiger partial charge in [-0.1, -0.05) is 53.7 Å². The lowest BCUT2D eigenvalue weighted by atomic mass is 9.64. The van der Waals surface area contributed by atoms with Crippen molar-refractivity contribution in [1.29, 1.82) is 0 Å². The van der Waals surface area contributed by atoms with Gasteiger partial charge in [0, 0.05) is 0 Å². The maximum Gasteiger partial charge on any atom is -0.00856 e. The molecule has 4 saturated carbocycles. The predicted molar refractivity (Wildman–Crippen MR) is 151 cm³/mol. The first-order valence-corrected chi connectivity index (χ1v) is 17.5. The Kier molecular flexibility index (Phi) is 8.10. The molecule has 0 radical (unpaired) electrons. The molecule has 0 aromatic carbocycles. The molecule has 33 heavy (non-hydrogen) atoms. The summed E-state index contributed by atoms with van der Waals surface area (Å²) in [6.45, 7) is 19.6. The van der Waals surface area contributed by atoms with Gasteiger partial charge >= 0.3 is 0 Å². The van der Waals surface area contributed by atoms with Gasteiger partial charge in [-0.2, -0.15) is 0 Å². The lowest BCUT2D eigenvalue weighted by Crippen LogP contribution is -2.38. The van der Waals surface area contributed by atoms with Gasteiger partial charge in [0.05, 0.1) is 0 Å². The van der Waals surface area contributed by atoms with Gasteiger partial charge in [0.1, 0.15) is 0 Å². The molecule has 4 aliphatic rings. The zero-order chi connectivity index (χ0) is 24.1. The fraction of sp³-hybridized carbons (Fsp3) is 0.938. The van der Waals surface area contributed by atoms with Gasteiger partial charge in [-0.3, -0.25) is 0 Å². The van der Waals surface area contributed by atoms with Crippen LogP contribution in [0.5, 0.6) is 0 Å². The van der Waals surface area contributed by atoms with E-state index in [0.29, 0.717) is 0 Å². The Labute approximate surface area is 209 Å². The van der Waals surface area contributed by atoms with Crippen molar-refractivity contribution in [3.8, 4) is 0 Å². The van der Waals surface area contributed by atoms with Crippen LogP contribution in [-0.2, 0) is 0 Å². The SMILES string of the molecule is C=C1CCC(C2CC3CC(CS(C)(C)C4CCC(C)CC4C(C)C)CCC3C2C)C(C)C1C. The number of hydrogen-bond donors (Lipinski definition) is 0. The minimum Gasteiger partial charge on any atom is -0.243 e. The molecular weight excluding hydrogens is 416 g/mol. The van der Waals surface area contributed by atoms with Crippen molar-refractivity contribution in [3.63, 3.8) is 0 Å². The number of hydrogen-bond acceptors (Lipinski definition) is 0.